The zero-order valence-electron chi connectivity index (χ0n) is 11.8. The Bertz CT molecular complexity index is 518. The van der Waals surface area contributed by atoms with Crippen LogP contribution in [0.2, 0.25) is 0 Å². The molecule has 0 aromatic carbocycles. The monoisotopic (exact) mass is 298 g/mol. The summed E-state index contributed by atoms with van der Waals surface area (Å²) in [5.41, 5.74) is 0.809. The van der Waals surface area contributed by atoms with Gasteiger partial charge in [0, 0.05) is 12.6 Å². The summed E-state index contributed by atoms with van der Waals surface area (Å²) in [6, 6.07) is 1.79. The first-order valence-corrected chi connectivity index (χ1v) is 7.48. The van der Waals surface area contributed by atoms with Crippen LogP contribution in [0.4, 0.5) is 4.79 Å². The number of hydrogen-bond donors (Lipinski definition) is 0. The van der Waals surface area contributed by atoms with Crippen molar-refractivity contribution in [3.63, 3.8) is 0 Å². The lowest BCUT2D eigenvalue weighted by molar-refractivity contribution is 0.00103. The number of amides is 1. The Morgan fingerprint density at radius 1 is 1.65 bits per heavy atom. The minimum absolute atomic E-state index is 0.0828. The summed E-state index contributed by atoms with van der Waals surface area (Å²) in [5.74, 6) is 1.06. The average molecular weight is 299 g/mol. The molecule has 3 fully saturated rings. The fourth-order valence-electron chi connectivity index (χ4n) is 3.48. The van der Waals surface area contributed by atoms with Gasteiger partial charge in [-0.2, -0.15) is 0 Å². The topological polar surface area (TPSA) is 55.6 Å². The molecule has 3 unspecified atom stereocenters. The number of rotatable bonds is 2. The lowest BCUT2D eigenvalue weighted by Gasteiger charge is -2.52. The van der Waals surface area contributed by atoms with Gasteiger partial charge >= 0.3 is 6.09 Å². The highest BCUT2D eigenvalue weighted by molar-refractivity contribution is 6.24. The van der Waals surface area contributed by atoms with E-state index in [0.717, 1.165) is 31.5 Å². The van der Waals surface area contributed by atoms with E-state index >= 15 is 0 Å². The van der Waals surface area contributed by atoms with Crippen molar-refractivity contribution in [3.8, 4) is 0 Å². The second-order valence-corrected chi connectivity index (χ2v) is 6.38. The van der Waals surface area contributed by atoms with Crippen molar-refractivity contribution in [3.05, 3.63) is 17.5 Å². The normalized spacial score (nSPS) is 32.5. The number of carbonyl (C=O) groups excluding carboxylic acids is 1. The molecule has 110 valence electrons. The Balaban J connectivity index is 1.91. The van der Waals surface area contributed by atoms with Gasteiger partial charge in [0.25, 0.3) is 0 Å². The van der Waals surface area contributed by atoms with Crippen LogP contribution >= 0.6 is 11.6 Å². The Kier molecular flexibility index (Phi) is 3.40. The van der Waals surface area contributed by atoms with Crippen molar-refractivity contribution < 1.29 is 14.1 Å². The summed E-state index contributed by atoms with van der Waals surface area (Å²) in [6.45, 7) is 4.79. The molecule has 5 nitrogen and oxygen atoms in total. The minimum Gasteiger partial charge on any atom is -0.450 e. The molecule has 2 saturated heterocycles. The highest BCUT2D eigenvalue weighted by Crippen LogP contribution is 2.51. The first-order chi connectivity index (χ1) is 9.54. The molecule has 4 rings (SSSR count). The van der Waals surface area contributed by atoms with E-state index < -0.39 is 4.87 Å². The quantitative estimate of drug-likeness (QED) is 0.787. The predicted octanol–water partition coefficient (Wildman–Crippen LogP) is 3.06. The van der Waals surface area contributed by atoms with E-state index in [9.17, 15) is 4.79 Å². The molecular weight excluding hydrogens is 280 g/mol. The molecule has 1 amide bonds. The van der Waals surface area contributed by atoms with E-state index in [1.807, 2.05) is 19.9 Å². The second kappa shape index (κ2) is 4.95. The molecule has 3 heterocycles. The Morgan fingerprint density at radius 2 is 2.45 bits per heavy atom. The number of piperidine rings is 2. The molecule has 3 aliphatic rings. The van der Waals surface area contributed by atoms with Gasteiger partial charge in [-0.15, -0.1) is 11.6 Å². The van der Waals surface area contributed by atoms with Crippen molar-refractivity contribution in [2.24, 2.45) is 5.92 Å². The number of nitrogens with zero attached hydrogens (tertiary/aromatic N) is 2. The third kappa shape index (κ3) is 2.08. The minimum atomic E-state index is -0.671. The van der Waals surface area contributed by atoms with Crippen LogP contribution in [0.5, 0.6) is 0 Å². The van der Waals surface area contributed by atoms with Gasteiger partial charge in [0.2, 0.25) is 0 Å². The van der Waals surface area contributed by atoms with Gasteiger partial charge in [0.05, 0.1) is 18.3 Å². The molecule has 1 aromatic rings. The van der Waals surface area contributed by atoms with E-state index in [4.69, 9.17) is 20.9 Å². The Labute approximate surface area is 123 Å². The van der Waals surface area contributed by atoms with Crippen molar-refractivity contribution in [1.82, 2.24) is 10.1 Å². The predicted molar refractivity (Wildman–Crippen MR) is 73.6 cm³/mol. The maximum absolute atomic E-state index is 12.1. The highest BCUT2D eigenvalue weighted by atomic mass is 35.5. The number of ether oxygens (including phenoxy) is 1. The smallest absolute Gasteiger partial charge is 0.410 e. The van der Waals surface area contributed by atoms with Gasteiger partial charge in [0.1, 0.15) is 4.87 Å². The van der Waals surface area contributed by atoms with E-state index in [2.05, 4.69) is 5.16 Å². The molecule has 6 heteroatoms. The number of alkyl halides is 1. The van der Waals surface area contributed by atoms with Crippen LogP contribution in [0.25, 0.3) is 0 Å². The van der Waals surface area contributed by atoms with E-state index in [-0.39, 0.29) is 12.1 Å². The summed E-state index contributed by atoms with van der Waals surface area (Å²) in [4.78, 5) is 13.2. The van der Waals surface area contributed by atoms with Gasteiger partial charge in [-0.05, 0) is 39.0 Å². The Morgan fingerprint density at radius 3 is 3.05 bits per heavy atom. The average Bonchev–Trinajstić information content (AvgIpc) is 2.87. The molecule has 2 bridgehead atoms. The van der Waals surface area contributed by atoms with Crippen molar-refractivity contribution in [1.29, 1.82) is 0 Å². The van der Waals surface area contributed by atoms with Crippen molar-refractivity contribution in [2.75, 3.05) is 13.2 Å². The summed E-state index contributed by atoms with van der Waals surface area (Å²) >= 11 is 6.87. The van der Waals surface area contributed by atoms with Gasteiger partial charge in [-0.1, -0.05) is 5.16 Å². The fourth-order valence-corrected chi connectivity index (χ4v) is 4.01. The van der Waals surface area contributed by atoms with Crippen LogP contribution in [-0.4, -0.2) is 35.3 Å². The maximum atomic E-state index is 12.1. The number of aryl methyl sites for hydroxylation is 1. The zero-order chi connectivity index (χ0) is 14.3. The summed E-state index contributed by atoms with van der Waals surface area (Å²) in [7, 11) is 0. The van der Waals surface area contributed by atoms with Crippen LogP contribution in [0.1, 0.15) is 37.6 Å². The van der Waals surface area contributed by atoms with Crippen LogP contribution in [0.3, 0.4) is 0 Å². The standard InChI is InChI=1S/C14H19ClN2O3/c1-3-19-13(18)17-8-10-4-5-11(17)14(15,7-10)12-6-9(2)16-20-12/h6,10-11H,3-5,7-8H2,1-2H3. The van der Waals surface area contributed by atoms with Crippen LogP contribution in [0.15, 0.2) is 10.6 Å². The van der Waals surface area contributed by atoms with Gasteiger partial charge in [-0.25, -0.2) is 4.79 Å². The lowest BCUT2D eigenvalue weighted by atomic mass is 9.71. The van der Waals surface area contributed by atoms with Crippen LogP contribution in [0, 0.1) is 12.8 Å². The molecule has 0 N–H and O–H groups in total. The van der Waals surface area contributed by atoms with Gasteiger partial charge < -0.3 is 14.2 Å². The van der Waals surface area contributed by atoms with Gasteiger partial charge in [-0.3, -0.25) is 0 Å². The Hall–Kier alpha value is -1.23. The molecule has 1 saturated carbocycles. The highest BCUT2D eigenvalue weighted by Gasteiger charge is 2.55. The molecule has 20 heavy (non-hydrogen) atoms. The van der Waals surface area contributed by atoms with Crippen molar-refractivity contribution in [2.45, 2.75) is 44.0 Å². The number of halogens is 1. The number of carbonyl (C=O) groups is 1. The van der Waals surface area contributed by atoms with E-state index in [0.29, 0.717) is 18.3 Å². The summed E-state index contributed by atoms with van der Waals surface area (Å²) < 4.78 is 10.5. The number of fused-ring (bicyclic) bond motifs is 3. The third-order valence-electron chi connectivity index (χ3n) is 4.33. The summed E-state index contributed by atoms with van der Waals surface area (Å²) in [6.07, 6.45) is 2.53. The SMILES string of the molecule is CCOC(=O)N1CC2CCC1C(Cl)(c1cc(C)no1)C2. The van der Waals surface area contributed by atoms with E-state index in [1.165, 1.54) is 0 Å². The second-order valence-electron chi connectivity index (χ2n) is 5.71. The van der Waals surface area contributed by atoms with Crippen LogP contribution < -0.4 is 0 Å². The molecule has 0 radical (unpaired) electrons. The maximum Gasteiger partial charge on any atom is 0.410 e. The molecule has 1 aliphatic carbocycles. The fraction of sp³-hybridized carbons (Fsp3) is 0.714. The first kappa shape index (κ1) is 13.7. The van der Waals surface area contributed by atoms with Gasteiger partial charge in [0.15, 0.2) is 5.76 Å². The molecule has 0 spiro atoms. The molecule has 1 aromatic heterocycles. The summed E-state index contributed by atoms with van der Waals surface area (Å²) in [5, 5.41) is 3.93. The molecule has 2 aliphatic heterocycles. The zero-order valence-corrected chi connectivity index (χ0v) is 12.5. The largest absolute Gasteiger partial charge is 0.450 e. The lowest BCUT2D eigenvalue weighted by Crippen LogP contribution is -2.60. The van der Waals surface area contributed by atoms with Crippen molar-refractivity contribution >= 4 is 17.7 Å². The number of aromatic nitrogens is 1. The molecular formula is C14H19ClN2O3. The van der Waals surface area contributed by atoms with E-state index in [1.54, 1.807) is 4.90 Å². The van der Waals surface area contributed by atoms with Crippen LogP contribution in [-0.2, 0) is 9.61 Å². The number of hydrogen-bond acceptors (Lipinski definition) is 4. The third-order valence-corrected chi connectivity index (χ3v) is 4.93. The first-order valence-electron chi connectivity index (χ1n) is 7.10. The molecule has 3 atom stereocenters.